The Morgan fingerprint density at radius 1 is 1.15 bits per heavy atom. The molecule has 0 fully saturated rings. The molecule has 0 aromatic rings. The predicted molar refractivity (Wildman–Crippen MR) is 44.6 cm³/mol. The van der Waals surface area contributed by atoms with Crippen LogP contribution in [0.5, 0.6) is 0 Å². The van der Waals surface area contributed by atoms with E-state index >= 15 is 0 Å². The third-order valence-corrected chi connectivity index (χ3v) is 0.314. The van der Waals surface area contributed by atoms with Gasteiger partial charge in [0.2, 0.25) is 0 Å². The number of aliphatic hydroxyl groups is 2. The molecule has 0 radical (unpaired) electrons. The summed E-state index contributed by atoms with van der Waals surface area (Å²) in [5.41, 5.74) is 0. The van der Waals surface area contributed by atoms with Gasteiger partial charge in [-0.15, -0.1) is 0 Å². The summed E-state index contributed by atoms with van der Waals surface area (Å²) in [6.45, 7) is 0.833. The normalized spacial score (nSPS) is 6.77. The van der Waals surface area contributed by atoms with Gasteiger partial charge >= 0.3 is 6.09 Å². The lowest BCUT2D eigenvalue weighted by Crippen LogP contribution is -2.13. The van der Waals surface area contributed by atoms with Gasteiger partial charge in [0.25, 0.3) is 5.97 Å². The fraction of sp³-hybridized carbons (Fsp3) is 0.667. The Kier molecular flexibility index (Phi) is 23.0. The highest BCUT2D eigenvalue weighted by atomic mass is 16.4. The van der Waals surface area contributed by atoms with Crippen LogP contribution in [0.1, 0.15) is 6.92 Å². The molecule has 80 valence electrons. The summed E-state index contributed by atoms with van der Waals surface area (Å²) >= 11 is 0. The lowest BCUT2D eigenvalue weighted by atomic mass is 10.8. The molecule has 5 N–H and O–H groups in total. The van der Waals surface area contributed by atoms with Gasteiger partial charge in [-0.05, 0) is 0 Å². The molecule has 7 nitrogen and oxygen atoms in total. The zero-order valence-corrected chi connectivity index (χ0v) is 7.52. The molecule has 0 aromatic heterocycles. The number of hydrogen-bond acceptors (Lipinski definition) is 4. The van der Waals surface area contributed by atoms with E-state index in [2.05, 4.69) is 0 Å². The molecular formula is C6H15NO6. The van der Waals surface area contributed by atoms with Crippen molar-refractivity contribution in [2.24, 2.45) is 0 Å². The maximum atomic E-state index is 9.26. The molecule has 0 unspecified atom stereocenters. The van der Waals surface area contributed by atoms with Crippen LogP contribution in [0.2, 0.25) is 0 Å². The van der Waals surface area contributed by atoms with Crippen LogP contribution in [0.4, 0.5) is 4.79 Å². The van der Waals surface area contributed by atoms with Crippen LogP contribution in [-0.4, -0.2) is 52.8 Å². The monoisotopic (exact) mass is 197 g/mol. The summed E-state index contributed by atoms with van der Waals surface area (Å²) in [7, 11) is 1.35. The second-order valence-corrected chi connectivity index (χ2v) is 1.52. The standard InChI is InChI=1S/C2H5NO2.C2H4O2.C2H6O2/c1-3-2(4)5;1-2(3)4;3-1-2-4/h3H,1H3,(H,4,5);1H3,(H,3,4);3-4H,1-2H2. The Labute approximate surface area is 75.6 Å². The van der Waals surface area contributed by atoms with Crippen molar-refractivity contribution in [1.29, 1.82) is 0 Å². The first-order valence-electron chi connectivity index (χ1n) is 3.24. The summed E-state index contributed by atoms with van der Waals surface area (Å²) in [6, 6.07) is 0. The zero-order chi connectivity index (χ0) is 11.3. The number of aliphatic carboxylic acids is 1. The van der Waals surface area contributed by atoms with Gasteiger partial charge in [-0.1, -0.05) is 0 Å². The lowest BCUT2D eigenvalue weighted by Gasteiger charge is -1.78. The average Bonchev–Trinajstić information content (AvgIpc) is 2.04. The highest BCUT2D eigenvalue weighted by Crippen LogP contribution is 1.46. The average molecular weight is 197 g/mol. The molecule has 0 bridgehead atoms. The van der Waals surface area contributed by atoms with Crippen molar-refractivity contribution in [1.82, 2.24) is 5.32 Å². The highest BCUT2D eigenvalue weighted by Gasteiger charge is 1.76. The van der Waals surface area contributed by atoms with Gasteiger partial charge in [0.05, 0.1) is 13.2 Å². The predicted octanol–water partition coefficient (Wildman–Crippen LogP) is -1.05. The summed E-state index contributed by atoms with van der Waals surface area (Å²) in [6.07, 6.45) is -0.995. The number of hydrogen-bond donors (Lipinski definition) is 5. The molecule has 1 amide bonds. The smallest absolute Gasteiger partial charge is 0.404 e. The van der Waals surface area contributed by atoms with Crippen LogP contribution in [0.3, 0.4) is 0 Å². The van der Waals surface area contributed by atoms with Crippen molar-refractivity contribution in [3.8, 4) is 0 Å². The number of rotatable bonds is 1. The summed E-state index contributed by atoms with van der Waals surface area (Å²) in [4.78, 5) is 18.3. The van der Waals surface area contributed by atoms with Gasteiger partial charge in [-0.25, -0.2) is 4.79 Å². The molecule has 0 aliphatic heterocycles. The third-order valence-electron chi connectivity index (χ3n) is 0.314. The van der Waals surface area contributed by atoms with Crippen LogP contribution >= 0.6 is 0 Å². The Morgan fingerprint density at radius 3 is 1.31 bits per heavy atom. The molecule has 0 heterocycles. The Balaban J connectivity index is -0.000000117. The van der Waals surface area contributed by atoms with E-state index in [1.165, 1.54) is 7.05 Å². The summed E-state index contributed by atoms with van der Waals surface area (Å²) < 4.78 is 0. The van der Waals surface area contributed by atoms with E-state index in [-0.39, 0.29) is 13.2 Å². The molecule has 0 spiro atoms. The van der Waals surface area contributed by atoms with E-state index in [1.807, 2.05) is 5.32 Å². The van der Waals surface area contributed by atoms with Gasteiger partial charge in [-0.3, -0.25) is 4.79 Å². The van der Waals surface area contributed by atoms with Gasteiger partial charge in [-0.2, -0.15) is 0 Å². The molecule has 0 rings (SSSR count). The number of carboxylic acid groups (broad SMARTS) is 2. The van der Waals surface area contributed by atoms with Crippen LogP contribution in [0.25, 0.3) is 0 Å². The number of carbonyl (C=O) groups is 2. The number of amides is 1. The largest absolute Gasteiger partial charge is 0.481 e. The topological polar surface area (TPSA) is 127 Å². The van der Waals surface area contributed by atoms with E-state index in [1.54, 1.807) is 0 Å². The van der Waals surface area contributed by atoms with Gasteiger partial charge < -0.3 is 25.7 Å². The second-order valence-electron chi connectivity index (χ2n) is 1.52. The van der Waals surface area contributed by atoms with Crippen molar-refractivity contribution < 1.29 is 30.0 Å². The number of aliphatic hydroxyl groups excluding tert-OH is 2. The minimum atomic E-state index is -0.995. The van der Waals surface area contributed by atoms with Crippen molar-refractivity contribution in [3.63, 3.8) is 0 Å². The molecule has 7 heteroatoms. The molecule has 13 heavy (non-hydrogen) atoms. The number of carboxylic acids is 1. The summed E-state index contributed by atoms with van der Waals surface area (Å²) in [5.74, 6) is -0.833. The minimum Gasteiger partial charge on any atom is -0.481 e. The Hall–Kier alpha value is -1.34. The van der Waals surface area contributed by atoms with Crippen LogP contribution in [0, 0.1) is 0 Å². The van der Waals surface area contributed by atoms with E-state index in [0.29, 0.717) is 0 Å². The molecule has 0 aliphatic carbocycles. The Morgan fingerprint density at radius 2 is 1.31 bits per heavy atom. The molecule has 0 saturated heterocycles. The fourth-order valence-electron chi connectivity index (χ4n) is 0. The molecule has 0 aromatic carbocycles. The SMILES string of the molecule is CC(=O)O.CNC(=O)O.OCCO. The van der Waals surface area contributed by atoms with E-state index in [4.69, 9.17) is 25.2 Å². The minimum absolute atomic E-state index is 0.125. The third kappa shape index (κ3) is 290. The fourth-order valence-corrected chi connectivity index (χ4v) is 0. The van der Waals surface area contributed by atoms with Crippen molar-refractivity contribution in [2.75, 3.05) is 20.3 Å². The van der Waals surface area contributed by atoms with E-state index in [0.717, 1.165) is 6.92 Å². The second kappa shape index (κ2) is 17.0. The number of nitrogens with one attached hydrogen (secondary N) is 1. The highest BCUT2D eigenvalue weighted by molar-refractivity contribution is 5.63. The molecule has 0 saturated carbocycles. The quantitative estimate of drug-likeness (QED) is 0.365. The Bertz CT molecular complexity index is 120. The van der Waals surface area contributed by atoms with Crippen LogP contribution < -0.4 is 5.32 Å². The van der Waals surface area contributed by atoms with Crippen LogP contribution in [-0.2, 0) is 4.79 Å². The molecule has 0 atom stereocenters. The zero-order valence-electron chi connectivity index (χ0n) is 7.52. The maximum Gasteiger partial charge on any atom is 0.404 e. The first kappa shape index (κ1) is 17.7. The molecule has 0 aliphatic rings. The first-order valence-corrected chi connectivity index (χ1v) is 3.24. The van der Waals surface area contributed by atoms with Crippen molar-refractivity contribution in [3.05, 3.63) is 0 Å². The van der Waals surface area contributed by atoms with Gasteiger partial charge in [0, 0.05) is 14.0 Å². The van der Waals surface area contributed by atoms with Gasteiger partial charge in [0.15, 0.2) is 0 Å². The van der Waals surface area contributed by atoms with Crippen molar-refractivity contribution in [2.45, 2.75) is 6.92 Å². The van der Waals surface area contributed by atoms with Gasteiger partial charge in [0.1, 0.15) is 0 Å². The van der Waals surface area contributed by atoms with E-state index < -0.39 is 12.1 Å². The van der Waals surface area contributed by atoms with Crippen LogP contribution in [0.15, 0.2) is 0 Å². The summed E-state index contributed by atoms with van der Waals surface area (Å²) in [5, 5.41) is 32.2. The van der Waals surface area contributed by atoms with E-state index in [9.17, 15) is 4.79 Å². The van der Waals surface area contributed by atoms with Crippen molar-refractivity contribution >= 4 is 12.1 Å². The molecular weight excluding hydrogens is 182 g/mol. The lowest BCUT2D eigenvalue weighted by molar-refractivity contribution is -0.134. The maximum absolute atomic E-state index is 9.26. The first-order chi connectivity index (χ1) is 5.92.